The molecule has 0 aromatic heterocycles. The minimum atomic E-state index is -3.26. The molecule has 1 unspecified atom stereocenters. The lowest BCUT2D eigenvalue weighted by Gasteiger charge is -2.09. The Kier molecular flexibility index (Phi) is 5.50. The molecule has 0 saturated carbocycles. The second-order valence-electron chi connectivity index (χ2n) is 3.11. The fourth-order valence-corrected chi connectivity index (χ4v) is 1.72. The van der Waals surface area contributed by atoms with Crippen molar-refractivity contribution in [2.45, 2.75) is 45.6 Å². The third kappa shape index (κ3) is 8.01. The van der Waals surface area contributed by atoms with Gasteiger partial charge in [0.1, 0.15) is 0 Å². The Labute approximate surface area is 75.2 Å². The molecule has 0 spiro atoms. The van der Waals surface area contributed by atoms with Gasteiger partial charge in [0.2, 0.25) is 0 Å². The van der Waals surface area contributed by atoms with Crippen molar-refractivity contribution in [1.29, 1.82) is 0 Å². The molecule has 0 aliphatic rings. The van der Waals surface area contributed by atoms with Gasteiger partial charge < -0.3 is 0 Å². The zero-order valence-corrected chi connectivity index (χ0v) is 8.86. The monoisotopic (exact) mass is 194 g/mol. The number of hydrogen-bond acceptors (Lipinski definition) is 3. The summed E-state index contributed by atoms with van der Waals surface area (Å²) in [6.45, 7) is 3.90. The molecule has 0 N–H and O–H groups in total. The van der Waals surface area contributed by atoms with Crippen LogP contribution in [0.5, 0.6) is 0 Å². The van der Waals surface area contributed by atoms with E-state index in [1.807, 2.05) is 0 Å². The zero-order valence-electron chi connectivity index (χ0n) is 8.04. The van der Waals surface area contributed by atoms with Gasteiger partial charge in [-0.25, -0.2) is 0 Å². The first-order valence-electron chi connectivity index (χ1n) is 4.34. The van der Waals surface area contributed by atoms with Crippen LogP contribution in [0.25, 0.3) is 0 Å². The lowest BCUT2D eigenvalue weighted by molar-refractivity contribution is 0.216. The van der Waals surface area contributed by atoms with Crippen LogP contribution >= 0.6 is 0 Å². The maximum atomic E-state index is 10.7. The van der Waals surface area contributed by atoms with Crippen molar-refractivity contribution in [3.8, 4) is 0 Å². The van der Waals surface area contributed by atoms with E-state index in [4.69, 9.17) is 4.18 Å². The van der Waals surface area contributed by atoms with Crippen molar-refractivity contribution in [3.63, 3.8) is 0 Å². The van der Waals surface area contributed by atoms with Gasteiger partial charge in [-0.05, 0) is 13.3 Å². The predicted octanol–water partition coefficient (Wildman–Crippen LogP) is 1.93. The Morgan fingerprint density at radius 2 is 1.92 bits per heavy atom. The summed E-state index contributed by atoms with van der Waals surface area (Å²) in [6, 6.07) is 0. The summed E-state index contributed by atoms with van der Waals surface area (Å²) >= 11 is 0. The van der Waals surface area contributed by atoms with Crippen molar-refractivity contribution in [2.24, 2.45) is 0 Å². The molecule has 0 aliphatic carbocycles. The van der Waals surface area contributed by atoms with E-state index < -0.39 is 10.1 Å². The molecule has 0 bridgehead atoms. The molecule has 0 radical (unpaired) electrons. The van der Waals surface area contributed by atoms with Crippen molar-refractivity contribution >= 4 is 10.1 Å². The number of rotatable bonds is 6. The first-order chi connectivity index (χ1) is 5.45. The molecule has 0 heterocycles. The van der Waals surface area contributed by atoms with Gasteiger partial charge in [-0.15, -0.1) is 0 Å². The molecule has 4 heteroatoms. The van der Waals surface area contributed by atoms with E-state index in [0.717, 1.165) is 31.9 Å². The third-order valence-corrected chi connectivity index (χ3v) is 2.23. The van der Waals surface area contributed by atoms with E-state index in [9.17, 15) is 8.42 Å². The second kappa shape index (κ2) is 5.54. The summed E-state index contributed by atoms with van der Waals surface area (Å²) in [5.41, 5.74) is 0. The largest absolute Gasteiger partial charge is 0.267 e. The van der Waals surface area contributed by atoms with Gasteiger partial charge in [-0.1, -0.05) is 26.2 Å². The second-order valence-corrected chi connectivity index (χ2v) is 4.71. The van der Waals surface area contributed by atoms with E-state index in [1.165, 1.54) is 0 Å². The van der Waals surface area contributed by atoms with E-state index in [2.05, 4.69) is 6.92 Å². The highest BCUT2D eigenvalue weighted by molar-refractivity contribution is 7.86. The maximum absolute atomic E-state index is 10.7. The van der Waals surface area contributed by atoms with Crippen LogP contribution in [0.2, 0.25) is 0 Å². The summed E-state index contributed by atoms with van der Waals surface area (Å²) in [4.78, 5) is 0. The van der Waals surface area contributed by atoms with Crippen LogP contribution in [-0.2, 0) is 14.3 Å². The van der Waals surface area contributed by atoms with Gasteiger partial charge in [-0.2, -0.15) is 8.42 Å². The highest BCUT2D eigenvalue weighted by Crippen LogP contribution is 2.07. The van der Waals surface area contributed by atoms with Gasteiger partial charge >= 0.3 is 0 Å². The molecule has 0 amide bonds. The Balaban J connectivity index is 3.53. The highest BCUT2D eigenvalue weighted by atomic mass is 32.2. The summed E-state index contributed by atoms with van der Waals surface area (Å²) in [5, 5.41) is 0. The molecule has 0 aliphatic heterocycles. The van der Waals surface area contributed by atoms with E-state index >= 15 is 0 Å². The first kappa shape index (κ1) is 11.9. The molecule has 0 aromatic carbocycles. The molecule has 12 heavy (non-hydrogen) atoms. The van der Waals surface area contributed by atoms with Gasteiger partial charge in [0.05, 0.1) is 12.4 Å². The molecule has 0 saturated heterocycles. The standard InChI is InChI=1S/C8H18O3S/c1-4-5-6-7-8(2)11-12(3,9)10/h8H,4-7H2,1-3H3. The lowest BCUT2D eigenvalue weighted by atomic mass is 10.1. The van der Waals surface area contributed by atoms with Crippen LogP contribution < -0.4 is 0 Å². The topological polar surface area (TPSA) is 43.4 Å². The molecule has 1 atom stereocenters. The zero-order chi connectivity index (χ0) is 9.61. The fraction of sp³-hybridized carbons (Fsp3) is 1.00. The molecule has 0 fully saturated rings. The van der Waals surface area contributed by atoms with E-state index in [-0.39, 0.29) is 6.10 Å². The van der Waals surface area contributed by atoms with Gasteiger partial charge in [-0.3, -0.25) is 4.18 Å². The lowest BCUT2D eigenvalue weighted by Crippen LogP contribution is -2.13. The average molecular weight is 194 g/mol. The van der Waals surface area contributed by atoms with Crippen molar-refractivity contribution in [2.75, 3.05) is 6.26 Å². The summed E-state index contributed by atoms with van der Waals surface area (Å²) in [6.07, 6.45) is 5.05. The Hall–Kier alpha value is -0.0900. The molecule has 0 rings (SSSR count). The van der Waals surface area contributed by atoms with Crippen LogP contribution in [0.15, 0.2) is 0 Å². The van der Waals surface area contributed by atoms with Crippen LogP contribution in [0.1, 0.15) is 39.5 Å². The van der Waals surface area contributed by atoms with Crippen LogP contribution in [0, 0.1) is 0 Å². The minimum absolute atomic E-state index is 0.174. The quantitative estimate of drug-likeness (QED) is 0.479. The maximum Gasteiger partial charge on any atom is 0.264 e. The number of unbranched alkanes of at least 4 members (excludes halogenated alkanes) is 2. The number of hydrogen-bond donors (Lipinski definition) is 0. The summed E-state index contributed by atoms with van der Waals surface area (Å²) < 4.78 is 26.1. The van der Waals surface area contributed by atoms with E-state index in [1.54, 1.807) is 6.92 Å². The van der Waals surface area contributed by atoms with Crippen molar-refractivity contribution < 1.29 is 12.6 Å². The molecule has 0 aromatic rings. The summed E-state index contributed by atoms with van der Waals surface area (Å²) in [7, 11) is -3.26. The van der Waals surface area contributed by atoms with E-state index in [0.29, 0.717) is 0 Å². The van der Waals surface area contributed by atoms with Gasteiger partial charge in [0.25, 0.3) is 10.1 Å². The van der Waals surface area contributed by atoms with Crippen LogP contribution in [0.3, 0.4) is 0 Å². The normalized spacial score (nSPS) is 14.6. The minimum Gasteiger partial charge on any atom is -0.267 e. The Bertz CT molecular complexity index is 196. The fourth-order valence-electron chi connectivity index (χ4n) is 1.03. The van der Waals surface area contributed by atoms with Crippen molar-refractivity contribution in [1.82, 2.24) is 0 Å². The smallest absolute Gasteiger partial charge is 0.264 e. The van der Waals surface area contributed by atoms with Crippen molar-refractivity contribution in [3.05, 3.63) is 0 Å². The third-order valence-electron chi connectivity index (χ3n) is 1.55. The molecular formula is C8H18O3S. The molecular weight excluding hydrogens is 176 g/mol. The summed E-state index contributed by atoms with van der Waals surface area (Å²) in [5.74, 6) is 0. The molecule has 74 valence electrons. The average Bonchev–Trinajstić information content (AvgIpc) is 1.84. The van der Waals surface area contributed by atoms with Gasteiger partial charge in [0.15, 0.2) is 0 Å². The predicted molar refractivity (Wildman–Crippen MR) is 49.5 cm³/mol. The molecule has 3 nitrogen and oxygen atoms in total. The SMILES string of the molecule is CCCCCC(C)OS(C)(=O)=O. The Morgan fingerprint density at radius 3 is 2.33 bits per heavy atom. The highest BCUT2D eigenvalue weighted by Gasteiger charge is 2.08. The first-order valence-corrected chi connectivity index (χ1v) is 6.15. The van der Waals surface area contributed by atoms with Crippen LogP contribution in [0.4, 0.5) is 0 Å². The van der Waals surface area contributed by atoms with Crippen LogP contribution in [-0.4, -0.2) is 20.8 Å². The Morgan fingerprint density at radius 1 is 1.33 bits per heavy atom. The van der Waals surface area contributed by atoms with Gasteiger partial charge in [0, 0.05) is 0 Å².